The van der Waals surface area contributed by atoms with Crippen molar-refractivity contribution in [3.05, 3.63) is 63.1 Å². The van der Waals surface area contributed by atoms with E-state index in [0.717, 1.165) is 17.7 Å². The molecule has 0 heterocycles. The SMILES string of the molecule is COc1cc(C(Cl)c2cc(F)c(Br)cc2F)ccc1C. The lowest BCUT2D eigenvalue weighted by molar-refractivity contribution is 0.411. The highest BCUT2D eigenvalue weighted by atomic mass is 79.9. The Labute approximate surface area is 129 Å². The maximum absolute atomic E-state index is 13.9. The van der Waals surface area contributed by atoms with E-state index in [9.17, 15) is 8.78 Å². The van der Waals surface area contributed by atoms with Gasteiger partial charge in [0.1, 0.15) is 17.4 Å². The summed E-state index contributed by atoms with van der Waals surface area (Å²) in [5, 5.41) is -0.785. The predicted octanol–water partition coefficient (Wildman–Crippen LogP) is 5.37. The van der Waals surface area contributed by atoms with Crippen LogP contribution in [0.4, 0.5) is 8.78 Å². The third kappa shape index (κ3) is 2.96. The van der Waals surface area contributed by atoms with Gasteiger partial charge in [-0.3, -0.25) is 0 Å². The number of hydrogen-bond donors (Lipinski definition) is 0. The first-order chi connectivity index (χ1) is 9.43. The summed E-state index contributed by atoms with van der Waals surface area (Å²) in [6.07, 6.45) is 0. The molecule has 5 heteroatoms. The summed E-state index contributed by atoms with van der Waals surface area (Å²) in [4.78, 5) is 0. The van der Waals surface area contributed by atoms with Gasteiger partial charge in [-0.25, -0.2) is 8.78 Å². The van der Waals surface area contributed by atoms with E-state index < -0.39 is 17.0 Å². The fraction of sp³-hybridized carbons (Fsp3) is 0.200. The maximum atomic E-state index is 13.9. The number of benzene rings is 2. The molecule has 1 unspecified atom stereocenters. The molecule has 20 heavy (non-hydrogen) atoms. The van der Waals surface area contributed by atoms with Crippen molar-refractivity contribution in [1.82, 2.24) is 0 Å². The highest BCUT2D eigenvalue weighted by Crippen LogP contribution is 2.35. The van der Waals surface area contributed by atoms with Crippen LogP contribution in [0.15, 0.2) is 34.8 Å². The fourth-order valence-electron chi connectivity index (χ4n) is 1.91. The van der Waals surface area contributed by atoms with Crippen LogP contribution < -0.4 is 4.74 Å². The van der Waals surface area contributed by atoms with Crippen LogP contribution in [-0.2, 0) is 0 Å². The van der Waals surface area contributed by atoms with E-state index in [4.69, 9.17) is 16.3 Å². The van der Waals surface area contributed by atoms with Crippen LogP contribution in [-0.4, -0.2) is 7.11 Å². The molecule has 0 bridgehead atoms. The Morgan fingerprint density at radius 1 is 1.15 bits per heavy atom. The van der Waals surface area contributed by atoms with Gasteiger partial charge in [0.15, 0.2) is 0 Å². The van der Waals surface area contributed by atoms with Gasteiger partial charge in [-0.2, -0.15) is 0 Å². The lowest BCUT2D eigenvalue weighted by Crippen LogP contribution is -2.00. The first-order valence-corrected chi connectivity index (χ1v) is 7.10. The van der Waals surface area contributed by atoms with Crippen molar-refractivity contribution < 1.29 is 13.5 Å². The van der Waals surface area contributed by atoms with Crippen molar-refractivity contribution in [2.24, 2.45) is 0 Å². The highest BCUT2D eigenvalue weighted by Gasteiger charge is 2.18. The summed E-state index contributed by atoms with van der Waals surface area (Å²) >= 11 is 9.20. The number of methoxy groups -OCH3 is 1. The van der Waals surface area contributed by atoms with Gasteiger partial charge in [-0.05, 0) is 52.2 Å². The van der Waals surface area contributed by atoms with Gasteiger partial charge in [-0.15, -0.1) is 11.6 Å². The summed E-state index contributed by atoms with van der Waals surface area (Å²) in [6, 6.07) is 7.51. The van der Waals surface area contributed by atoms with Crippen LogP contribution in [0.5, 0.6) is 5.75 Å². The molecule has 2 aromatic carbocycles. The number of ether oxygens (including phenoxy) is 1. The molecule has 0 aliphatic rings. The number of alkyl halides is 1. The molecule has 106 valence electrons. The fourth-order valence-corrected chi connectivity index (χ4v) is 2.52. The average Bonchev–Trinajstić information content (AvgIpc) is 2.42. The van der Waals surface area contributed by atoms with E-state index >= 15 is 0 Å². The molecule has 0 radical (unpaired) electrons. The molecule has 2 aromatic rings. The second-order valence-corrected chi connectivity index (χ2v) is 5.67. The summed E-state index contributed by atoms with van der Waals surface area (Å²) in [7, 11) is 1.55. The van der Waals surface area contributed by atoms with Crippen molar-refractivity contribution >= 4 is 27.5 Å². The quantitative estimate of drug-likeness (QED) is 0.527. The standard InChI is InChI=1S/C15H12BrClF2O/c1-8-3-4-9(5-14(8)20-2)15(17)10-6-13(19)11(16)7-12(10)18/h3-7,15H,1-2H3. The third-order valence-electron chi connectivity index (χ3n) is 3.04. The van der Waals surface area contributed by atoms with Gasteiger partial charge in [0.2, 0.25) is 0 Å². The summed E-state index contributed by atoms with van der Waals surface area (Å²) in [5.74, 6) is -0.449. The molecule has 0 aromatic heterocycles. The minimum atomic E-state index is -0.785. The van der Waals surface area contributed by atoms with Crippen molar-refractivity contribution in [3.63, 3.8) is 0 Å². The zero-order valence-electron chi connectivity index (χ0n) is 10.9. The Hall–Kier alpha value is -1.13. The zero-order valence-corrected chi connectivity index (χ0v) is 13.2. The van der Waals surface area contributed by atoms with E-state index in [1.54, 1.807) is 19.2 Å². The first-order valence-electron chi connectivity index (χ1n) is 5.87. The molecular formula is C15H12BrClF2O. The number of rotatable bonds is 3. The van der Waals surface area contributed by atoms with E-state index in [-0.39, 0.29) is 10.0 Å². The van der Waals surface area contributed by atoms with Crippen molar-refractivity contribution in [3.8, 4) is 5.75 Å². The van der Waals surface area contributed by atoms with Crippen LogP contribution in [0.25, 0.3) is 0 Å². The second-order valence-electron chi connectivity index (χ2n) is 4.38. The largest absolute Gasteiger partial charge is 0.496 e. The van der Waals surface area contributed by atoms with Gasteiger partial charge in [0, 0.05) is 5.56 Å². The molecular weight excluding hydrogens is 350 g/mol. The molecule has 0 aliphatic heterocycles. The van der Waals surface area contributed by atoms with E-state index in [1.807, 2.05) is 13.0 Å². The van der Waals surface area contributed by atoms with Gasteiger partial charge < -0.3 is 4.74 Å². The Bertz CT molecular complexity index is 646. The van der Waals surface area contributed by atoms with Crippen LogP contribution >= 0.6 is 27.5 Å². The van der Waals surface area contributed by atoms with Crippen LogP contribution in [0, 0.1) is 18.6 Å². The number of hydrogen-bond acceptors (Lipinski definition) is 1. The molecule has 0 saturated carbocycles. The van der Waals surface area contributed by atoms with Crippen LogP contribution in [0.2, 0.25) is 0 Å². The second kappa shape index (κ2) is 6.10. The smallest absolute Gasteiger partial charge is 0.137 e. The number of halogens is 4. The Kier molecular flexibility index (Phi) is 4.66. The lowest BCUT2D eigenvalue weighted by atomic mass is 10.0. The molecule has 0 N–H and O–H groups in total. The van der Waals surface area contributed by atoms with Crippen LogP contribution in [0.1, 0.15) is 22.1 Å². The van der Waals surface area contributed by atoms with Crippen molar-refractivity contribution in [2.75, 3.05) is 7.11 Å². The molecule has 2 rings (SSSR count). The highest BCUT2D eigenvalue weighted by molar-refractivity contribution is 9.10. The van der Waals surface area contributed by atoms with E-state index in [0.29, 0.717) is 11.3 Å². The molecule has 0 fully saturated rings. The summed E-state index contributed by atoms with van der Waals surface area (Å²) in [6.45, 7) is 1.89. The topological polar surface area (TPSA) is 9.23 Å². The maximum Gasteiger partial charge on any atom is 0.137 e. The van der Waals surface area contributed by atoms with Crippen molar-refractivity contribution in [1.29, 1.82) is 0 Å². The number of aryl methyl sites for hydroxylation is 1. The van der Waals surface area contributed by atoms with Gasteiger partial charge >= 0.3 is 0 Å². The third-order valence-corrected chi connectivity index (χ3v) is 4.13. The molecule has 0 amide bonds. The van der Waals surface area contributed by atoms with Crippen LogP contribution in [0.3, 0.4) is 0 Å². The monoisotopic (exact) mass is 360 g/mol. The molecule has 0 saturated heterocycles. The lowest BCUT2D eigenvalue weighted by Gasteiger charge is -2.14. The summed E-state index contributed by atoms with van der Waals surface area (Å²) < 4.78 is 32.7. The Balaban J connectivity index is 2.46. The van der Waals surface area contributed by atoms with Gasteiger partial charge in [0.05, 0.1) is 17.0 Å². The predicted molar refractivity (Wildman–Crippen MR) is 79.5 cm³/mol. The average molecular weight is 362 g/mol. The molecule has 0 spiro atoms. The minimum Gasteiger partial charge on any atom is -0.496 e. The first kappa shape index (κ1) is 15.3. The Morgan fingerprint density at radius 3 is 2.50 bits per heavy atom. The van der Waals surface area contributed by atoms with Gasteiger partial charge in [0.25, 0.3) is 0 Å². The van der Waals surface area contributed by atoms with E-state index in [2.05, 4.69) is 15.9 Å². The molecule has 0 aliphatic carbocycles. The summed E-state index contributed by atoms with van der Waals surface area (Å²) in [5.41, 5.74) is 1.69. The zero-order chi connectivity index (χ0) is 14.9. The normalized spacial score (nSPS) is 12.3. The minimum absolute atomic E-state index is 0.0732. The molecule has 1 atom stereocenters. The van der Waals surface area contributed by atoms with Gasteiger partial charge in [-0.1, -0.05) is 12.1 Å². The Morgan fingerprint density at radius 2 is 1.85 bits per heavy atom. The van der Waals surface area contributed by atoms with E-state index in [1.165, 1.54) is 0 Å². The molecule has 1 nitrogen and oxygen atoms in total. The van der Waals surface area contributed by atoms with Crippen molar-refractivity contribution in [2.45, 2.75) is 12.3 Å².